The van der Waals surface area contributed by atoms with Crippen LogP contribution in [0.4, 0.5) is 5.69 Å². The van der Waals surface area contributed by atoms with Gasteiger partial charge in [-0.05, 0) is 56.3 Å². The van der Waals surface area contributed by atoms with Crippen molar-refractivity contribution in [3.8, 4) is 11.6 Å². The molecule has 27 heavy (non-hydrogen) atoms. The predicted molar refractivity (Wildman–Crippen MR) is 105 cm³/mol. The highest BCUT2D eigenvalue weighted by atomic mass is 35.5. The van der Waals surface area contributed by atoms with Gasteiger partial charge in [-0.1, -0.05) is 23.2 Å². The molecule has 0 saturated carbocycles. The van der Waals surface area contributed by atoms with E-state index in [-0.39, 0.29) is 24.2 Å². The van der Waals surface area contributed by atoms with E-state index in [1.54, 1.807) is 47.0 Å². The van der Waals surface area contributed by atoms with Gasteiger partial charge in [-0.15, -0.1) is 10.2 Å². The summed E-state index contributed by atoms with van der Waals surface area (Å²) in [7, 11) is 0. The van der Waals surface area contributed by atoms with Gasteiger partial charge in [-0.3, -0.25) is 4.79 Å². The summed E-state index contributed by atoms with van der Waals surface area (Å²) in [5.74, 6) is -0.164. The first-order chi connectivity index (χ1) is 12.9. The van der Waals surface area contributed by atoms with Gasteiger partial charge in [0.2, 0.25) is 5.88 Å². The molecule has 6 nitrogen and oxygen atoms in total. The Hall–Kier alpha value is -2.57. The molecule has 140 valence electrons. The lowest BCUT2D eigenvalue weighted by atomic mass is 10.2. The van der Waals surface area contributed by atoms with Crippen LogP contribution in [0.15, 0.2) is 52.7 Å². The number of carbonyl (C=O) groups is 1. The molecule has 3 rings (SSSR count). The Balaban J connectivity index is 1.82. The number of azo groups is 1. The molecule has 0 saturated heterocycles. The highest BCUT2D eigenvalue weighted by Gasteiger charge is 2.19. The van der Waals surface area contributed by atoms with Gasteiger partial charge in [0.25, 0.3) is 0 Å². The number of hydrogen-bond acceptors (Lipinski definition) is 4. The summed E-state index contributed by atoms with van der Waals surface area (Å²) in [4.78, 5) is 12.0. The summed E-state index contributed by atoms with van der Waals surface area (Å²) in [6, 6.07) is 11.8. The number of ether oxygens (including phenoxy) is 1. The molecule has 0 bridgehead atoms. The van der Waals surface area contributed by atoms with Crippen LogP contribution < -0.4 is 4.74 Å². The van der Waals surface area contributed by atoms with Gasteiger partial charge in [0, 0.05) is 21.5 Å². The molecule has 8 heteroatoms. The zero-order valence-corrected chi connectivity index (χ0v) is 16.2. The van der Waals surface area contributed by atoms with Gasteiger partial charge in [0.15, 0.2) is 12.3 Å². The smallest absolute Gasteiger partial charge is 0.302 e. The molecule has 0 spiro atoms. The van der Waals surface area contributed by atoms with Crippen LogP contribution in [0.25, 0.3) is 10.9 Å². The van der Waals surface area contributed by atoms with Crippen LogP contribution >= 0.6 is 23.2 Å². The van der Waals surface area contributed by atoms with E-state index < -0.39 is 5.91 Å². The third-order valence-electron chi connectivity index (χ3n) is 3.87. The monoisotopic (exact) mass is 405 g/mol. The van der Waals surface area contributed by atoms with Crippen LogP contribution in [0.1, 0.15) is 19.9 Å². The van der Waals surface area contributed by atoms with E-state index in [0.717, 1.165) is 5.52 Å². The number of fused-ring (bicyclic) bond motifs is 1. The highest BCUT2D eigenvalue weighted by Crippen LogP contribution is 2.41. The van der Waals surface area contributed by atoms with E-state index in [1.165, 1.54) is 0 Å². The zero-order valence-electron chi connectivity index (χ0n) is 14.7. The molecule has 0 aliphatic carbocycles. The predicted octanol–water partition coefficient (Wildman–Crippen LogP) is 5.92. The van der Waals surface area contributed by atoms with Gasteiger partial charge in [0.1, 0.15) is 5.75 Å². The van der Waals surface area contributed by atoms with Crippen molar-refractivity contribution in [3.63, 3.8) is 0 Å². The van der Waals surface area contributed by atoms with E-state index in [0.29, 0.717) is 21.2 Å². The summed E-state index contributed by atoms with van der Waals surface area (Å²) in [6.07, 6.45) is 0. The maximum Gasteiger partial charge on any atom is 0.302 e. The van der Waals surface area contributed by atoms with Crippen molar-refractivity contribution in [2.24, 2.45) is 10.2 Å². The van der Waals surface area contributed by atoms with Gasteiger partial charge < -0.3 is 14.4 Å². The molecule has 0 atom stereocenters. The fraction of sp³-hybridized carbons (Fsp3) is 0.211. The van der Waals surface area contributed by atoms with Crippen molar-refractivity contribution in [1.29, 1.82) is 0 Å². The first kappa shape index (κ1) is 19.2. The van der Waals surface area contributed by atoms with E-state index in [9.17, 15) is 9.90 Å². The number of nitrogens with zero attached hydrogens (tertiary/aromatic N) is 3. The van der Waals surface area contributed by atoms with Crippen LogP contribution in [-0.2, 0) is 4.79 Å². The first-order valence-electron chi connectivity index (χ1n) is 8.22. The minimum Gasteiger partial charge on any atom is -0.493 e. The van der Waals surface area contributed by atoms with Crippen molar-refractivity contribution >= 4 is 45.7 Å². The lowest BCUT2D eigenvalue weighted by Crippen LogP contribution is -2.07. The third kappa shape index (κ3) is 4.23. The number of aromatic hydroxyl groups is 1. The second kappa shape index (κ2) is 7.98. The van der Waals surface area contributed by atoms with Crippen molar-refractivity contribution in [2.75, 3.05) is 6.61 Å². The van der Waals surface area contributed by atoms with Gasteiger partial charge >= 0.3 is 5.91 Å². The molecular weight excluding hydrogens is 389 g/mol. The van der Waals surface area contributed by atoms with Crippen LogP contribution in [0, 0.1) is 0 Å². The quantitative estimate of drug-likeness (QED) is 0.534. The van der Waals surface area contributed by atoms with Crippen LogP contribution in [-0.4, -0.2) is 22.2 Å². The molecule has 0 fully saturated rings. The SMILES string of the molecule is CC(C)n1c(O)c(N=NC(=O)COc2ccc(Cl)cc2)c2cc(Cl)ccc21. The Morgan fingerprint density at radius 2 is 1.81 bits per heavy atom. The summed E-state index contributed by atoms with van der Waals surface area (Å²) >= 11 is 11.9. The Bertz CT molecular complexity index is 1010. The lowest BCUT2D eigenvalue weighted by Gasteiger charge is -2.10. The molecule has 2 aromatic carbocycles. The van der Waals surface area contributed by atoms with E-state index in [1.807, 2.05) is 13.8 Å². The second-order valence-electron chi connectivity index (χ2n) is 6.13. The highest BCUT2D eigenvalue weighted by molar-refractivity contribution is 6.31. The van der Waals surface area contributed by atoms with Crippen molar-refractivity contribution in [3.05, 3.63) is 52.5 Å². The maximum atomic E-state index is 12.0. The Morgan fingerprint density at radius 1 is 1.15 bits per heavy atom. The van der Waals surface area contributed by atoms with Gasteiger partial charge in [-0.25, -0.2) is 0 Å². The van der Waals surface area contributed by atoms with E-state index >= 15 is 0 Å². The molecule has 1 N–H and O–H groups in total. The molecular formula is C19H17Cl2N3O3. The molecule has 0 aliphatic heterocycles. The number of rotatable bonds is 5. The van der Waals surface area contributed by atoms with E-state index in [4.69, 9.17) is 27.9 Å². The Morgan fingerprint density at radius 3 is 2.48 bits per heavy atom. The van der Waals surface area contributed by atoms with Crippen LogP contribution in [0.5, 0.6) is 11.6 Å². The fourth-order valence-electron chi connectivity index (χ4n) is 2.69. The number of benzene rings is 2. The van der Waals surface area contributed by atoms with E-state index in [2.05, 4.69) is 10.2 Å². The van der Waals surface area contributed by atoms with Crippen LogP contribution in [0.2, 0.25) is 10.0 Å². The number of halogens is 2. The first-order valence-corrected chi connectivity index (χ1v) is 8.97. The number of amides is 1. The zero-order chi connectivity index (χ0) is 19.6. The summed E-state index contributed by atoms with van der Waals surface area (Å²) in [5, 5.41) is 19.8. The normalized spacial score (nSPS) is 11.6. The molecule has 0 unspecified atom stereocenters. The number of hydrogen-bond donors (Lipinski definition) is 1. The maximum absolute atomic E-state index is 12.0. The third-order valence-corrected chi connectivity index (χ3v) is 4.35. The fourth-order valence-corrected chi connectivity index (χ4v) is 2.99. The Kier molecular flexibility index (Phi) is 5.68. The standard InChI is InChI=1S/C19H17Cl2N3O3/c1-11(2)24-16-8-5-13(21)9-15(16)18(19(24)26)23-22-17(25)10-27-14-6-3-12(20)4-7-14/h3-9,11,26H,10H2,1-2H3. The average molecular weight is 406 g/mol. The average Bonchev–Trinajstić information content (AvgIpc) is 2.90. The van der Waals surface area contributed by atoms with Crippen molar-refractivity contribution < 1.29 is 14.6 Å². The van der Waals surface area contributed by atoms with Gasteiger partial charge in [0.05, 0.1) is 5.52 Å². The molecule has 1 heterocycles. The number of carbonyl (C=O) groups excluding carboxylic acids is 1. The second-order valence-corrected chi connectivity index (χ2v) is 7.01. The van der Waals surface area contributed by atoms with Gasteiger partial charge in [-0.2, -0.15) is 0 Å². The van der Waals surface area contributed by atoms with Crippen LogP contribution in [0.3, 0.4) is 0 Å². The molecule has 1 aromatic heterocycles. The molecule has 0 aliphatic rings. The topological polar surface area (TPSA) is 76.2 Å². The summed E-state index contributed by atoms with van der Waals surface area (Å²) < 4.78 is 7.04. The summed E-state index contributed by atoms with van der Waals surface area (Å²) in [6.45, 7) is 3.58. The number of aromatic nitrogens is 1. The molecule has 1 amide bonds. The minimum absolute atomic E-state index is 0.0124. The van der Waals surface area contributed by atoms with Crippen molar-refractivity contribution in [2.45, 2.75) is 19.9 Å². The molecule has 0 radical (unpaired) electrons. The minimum atomic E-state index is -0.586. The lowest BCUT2D eigenvalue weighted by molar-refractivity contribution is -0.120. The largest absolute Gasteiger partial charge is 0.493 e. The Labute approximate surface area is 166 Å². The molecule has 3 aromatic rings. The van der Waals surface area contributed by atoms with Crippen molar-refractivity contribution in [1.82, 2.24) is 4.57 Å². The summed E-state index contributed by atoms with van der Waals surface area (Å²) in [5.41, 5.74) is 0.951.